The first kappa shape index (κ1) is 20.8. The molecular weight excluding hydrogens is 411 g/mol. The number of nitrogens with one attached hydrogen (secondary N) is 2. The number of anilines is 1. The summed E-state index contributed by atoms with van der Waals surface area (Å²) in [5.74, 6) is 0.938. The first-order valence-corrected chi connectivity index (χ1v) is 8.70. The average Bonchev–Trinajstić information content (AvgIpc) is 3.01. The molecule has 2 N–H and O–H groups in total. The lowest BCUT2D eigenvalue weighted by Gasteiger charge is -2.20. The van der Waals surface area contributed by atoms with Gasteiger partial charge in [0.15, 0.2) is 5.96 Å². The van der Waals surface area contributed by atoms with Crippen molar-refractivity contribution in [1.82, 2.24) is 10.6 Å². The second kappa shape index (κ2) is 11.3. The van der Waals surface area contributed by atoms with E-state index in [-0.39, 0.29) is 24.0 Å². The first-order chi connectivity index (χ1) is 11.2. The molecule has 5 heteroatoms. The summed E-state index contributed by atoms with van der Waals surface area (Å²) >= 11 is 0. The summed E-state index contributed by atoms with van der Waals surface area (Å²) in [6, 6.07) is 9.25. The Hall–Kier alpha value is -1.24. The standard InChI is InChI=1S/C19H30N4.HI/c1-4-6-7-13-21-19(20-5-2)22-17-12-14-23(15-17)18-10-8-16(3)9-11-18;/h4,6,8-11,17H,5,7,12-15H2,1-3H3,(H2,20,21,22);1H/b6-4+;. The third-order valence-electron chi connectivity index (χ3n) is 4.07. The molecule has 1 atom stereocenters. The molecule has 1 aliphatic rings. The number of nitrogens with zero attached hydrogens (tertiary/aromatic N) is 2. The molecule has 0 saturated carbocycles. The van der Waals surface area contributed by atoms with E-state index < -0.39 is 0 Å². The Balaban J connectivity index is 0.00000288. The molecule has 0 aromatic heterocycles. The summed E-state index contributed by atoms with van der Waals surface area (Å²) in [5, 5.41) is 6.92. The van der Waals surface area contributed by atoms with Crippen LogP contribution in [0.25, 0.3) is 0 Å². The smallest absolute Gasteiger partial charge is 0.191 e. The number of benzene rings is 1. The van der Waals surface area contributed by atoms with Crippen molar-refractivity contribution >= 4 is 35.6 Å². The molecule has 1 fully saturated rings. The van der Waals surface area contributed by atoms with E-state index in [2.05, 4.69) is 70.8 Å². The summed E-state index contributed by atoms with van der Waals surface area (Å²) in [6.07, 6.45) is 6.37. The van der Waals surface area contributed by atoms with Gasteiger partial charge in [-0.05, 0) is 45.7 Å². The zero-order valence-electron chi connectivity index (χ0n) is 15.1. The van der Waals surface area contributed by atoms with E-state index >= 15 is 0 Å². The van der Waals surface area contributed by atoms with Gasteiger partial charge in [-0.25, -0.2) is 0 Å². The fourth-order valence-electron chi connectivity index (χ4n) is 2.80. The minimum atomic E-state index is 0. The maximum absolute atomic E-state index is 4.65. The summed E-state index contributed by atoms with van der Waals surface area (Å²) < 4.78 is 0. The number of hydrogen-bond acceptors (Lipinski definition) is 2. The highest BCUT2D eigenvalue weighted by molar-refractivity contribution is 14.0. The van der Waals surface area contributed by atoms with Crippen molar-refractivity contribution in [3.8, 4) is 0 Å². The molecule has 0 spiro atoms. The normalized spacial score (nSPS) is 17.9. The molecule has 4 nitrogen and oxygen atoms in total. The lowest BCUT2D eigenvalue weighted by atomic mass is 10.2. The largest absolute Gasteiger partial charge is 0.369 e. The topological polar surface area (TPSA) is 39.7 Å². The van der Waals surface area contributed by atoms with E-state index in [4.69, 9.17) is 0 Å². The molecule has 1 heterocycles. The fourth-order valence-corrected chi connectivity index (χ4v) is 2.80. The number of rotatable bonds is 6. The van der Waals surface area contributed by atoms with Gasteiger partial charge in [0.2, 0.25) is 0 Å². The second-order valence-electron chi connectivity index (χ2n) is 6.03. The average molecular weight is 442 g/mol. The SMILES string of the molecule is C/C=C/CCN=C(NCC)NC1CCN(c2ccc(C)cc2)C1.I. The van der Waals surface area contributed by atoms with Gasteiger partial charge in [0.05, 0.1) is 0 Å². The number of aliphatic imine (C=N–C) groups is 1. The van der Waals surface area contributed by atoms with Crippen LogP contribution in [-0.2, 0) is 0 Å². The van der Waals surface area contributed by atoms with Crippen LogP contribution in [-0.4, -0.2) is 38.2 Å². The Morgan fingerprint density at radius 2 is 2.08 bits per heavy atom. The highest BCUT2D eigenvalue weighted by Gasteiger charge is 2.23. The molecule has 0 radical (unpaired) electrons. The summed E-state index contributed by atoms with van der Waals surface area (Å²) in [6.45, 7) is 10.1. The van der Waals surface area contributed by atoms with E-state index in [9.17, 15) is 0 Å². The van der Waals surface area contributed by atoms with Gasteiger partial charge in [-0.15, -0.1) is 24.0 Å². The van der Waals surface area contributed by atoms with E-state index in [1.165, 1.54) is 11.3 Å². The zero-order chi connectivity index (χ0) is 16.5. The molecule has 0 aliphatic carbocycles. The minimum Gasteiger partial charge on any atom is -0.369 e. The van der Waals surface area contributed by atoms with Crippen LogP contribution < -0.4 is 15.5 Å². The van der Waals surface area contributed by atoms with Gasteiger partial charge in [0.25, 0.3) is 0 Å². The van der Waals surface area contributed by atoms with Crippen molar-refractivity contribution in [3.05, 3.63) is 42.0 Å². The van der Waals surface area contributed by atoms with Gasteiger partial charge >= 0.3 is 0 Å². The Bertz CT molecular complexity index is 525. The van der Waals surface area contributed by atoms with Crippen molar-refractivity contribution in [2.45, 2.75) is 39.7 Å². The van der Waals surface area contributed by atoms with Crippen LogP contribution in [0.1, 0.15) is 32.3 Å². The lowest BCUT2D eigenvalue weighted by molar-refractivity contribution is 0.649. The summed E-state index contributed by atoms with van der Waals surface area (Å²) in [4.78, 5) is 7.09. The lowest BCUT2D eigenvalue weighted by Crippen LogP contribution is -2.44. The Morgan fingerprint density at radius 1 is 1.33 bits per heavy atom. The van der Waals surface area contributed by atoms with Gasteiger partial charge < -0.3 is 15.5 Å². The van der Waals surface area contributed by atoms with Crippen LogP contribution in [0.5, 0.6) is 0 Å². The summed E-state index contributed by atoms with van der Waals surface area (Å²) in [7, 11) is 0. The molecule has 24 heavy (non-hydrogen) atoms. The Kier molecular flexibility index (Phi) is 9.83. The number of aryl methyl sites for hydroxylation is 1. The van der Waals surface area contributed by atoms with Crippen molar-refractivity contribution in [2.75, 3.05) is 31.1 Å². The monoisotopic (exact) mass is 442 g/mol. The van der Waals surface area contributed by atoms with Crippen LogP contribution in [0, 0.1) is 6.92 Å². The Morgan fingerprint density at radius 3 is 2.75 bits per heavy atom. The zero-order valence-corrected chi connectivity index (χ0v) is 17.4. The quantitative estimate of drug-likeness (QED) is 0.232. The van der Waals surface area contributed by atoms with Crippen molar-refractivity contribution in [1.29, 1.82) is 0 Å². The summed E-state index contributed by atoms with van der Waals surface area (Å²) in [5.41, 5.74) is 2.63. The van der Waals surface area contributed by atoms with E-state index in [0.29, 0.717) is 6.04 Å². The number of hydrogen-bond donors (Lipinski definition) is 2. The van der Waals surface area contributed by atoms with E-state index in [1.807, 2.05) is 6.92 Å². The van der Waals surface area contributed by atoms with E-state index in [0.717, 1.165) is 45.0 Å². The first-order valence-electron chi connectivity index (χ1n) is 8.70. The van der Waals surface area contributed by atoms with Crippen LogP contribution in [0.15, 0.2) is 41.4 Å². The fraction of sp³-hybridized carbons (Fsp3) is 0.526. The van der Waals surface area contributed by atoms with Gasteiger partial charge in [0, 0.05) is 37.9 Å². The molecule has 0 bridgehead atoms. The number of guanidine groups is 1. The molecular formula is C19H31IN4. The third-order valence-corrected chi connectivity index (χ3v) is 4.07. The third kappa shape index (κ3) is 6.71. The predicted octanol–water partition coefficient (Wildman–Crippen LogP) is 3.71. The Labute approximate surface area is 163 Å². The van der Waals surface area contributed by atoms with Crippen molar-refractivity contribution in [3.63, 3.8) is 0 Å². The van der Waals surface area contributed by atoms with Crippen LogP contribution in [0.2, 0.25) is 0 Å². The van der Waals surface area contributed by atoms with Crippen molar-refractivity contribution in [2.24, 2.45) is 4.99 Å². The van der Waals surface area contributed by atoms with Crippen LogP contribution in [0.4, 0.5) is 5.69 Å². The molecule has 134 valence electrons. The molecule has 1 unspecified atom stereocenters. The van der Waals surface area contributed by atoms with E-state index in [1.54, 1.807) is 0 Å². The molecule has 1 aromatic carbocycles. The van der Waals surface area contributed by atoms with Gasteiger partial charge in [-0.2, -0.15) is 0 Å². The molecule has 1 saturated heterocycles. The minimum absolute atomic E-state index is 0. The van der Waals surface area contributed by atoms with Gasteiger partial charge in [0.1, 0.15) is 0 Å². The van der Waals surface area contributed by atoms with Crippen LogP contribution in [0.3, 0.4) is 0 Å². The van der Waals surface area contributed by atoms with Gasteiger partial charge in [-0.1, -0.05) is 29.8 Å². The highest BCUT2D eigenvalue weighted by atomic mass is 127. The number of halogens is 1. The molecule has 0 amide bonds. The van der Waals surface area contributed by atoms with Crippen molar-refractivity contribution < 1.29 is 0 Å². The molecule has 1 aromatic rings. The molecule has 2 rings (SSSR count). The maximum atomic E-state index is 4.65. The molecule has 1 aliphatic heterocycles. The number of allylic oxidation sites excluding steroid dienone is 1. The van der Waals surface area contributed by atoms with Gasteiger partial charge in [-0.3, -0.25) is 4.99 Å². The second-order valence-corrected chi connectivity index (χ2v) is 6.03. The van der Waals surface area contributed by atoms with Crippen LogP contribution >= 0.6 is 24.0 Å². The maximum Gasteiger partial charge on any atom is 0.191 e. The highest BCUT2D eigenvalue weighted by Crippen LogP contribution is 2.20. The predicted molar refractivity (Wildman–Crippen MR) is 116 cm³/mol.